The van der Waals surface area contributed by atoms with Crippen molar-refractivity contribution in [3.8, 4) is 5.75 Å². The van der Waals surface area contributed by atoms with Gasteiger partial charge >= 0.3 is 11.8 Å². The largest absolute Gasteiger partial charge is 0.508 e. The van der Waals surface area contributed by atoms with Crippen molar-refractivity contribution in [2.24, 2.45) is 0 Å². The van der Waals surface area contributed by atoms with E-state index in [0.29, 0.717) is 24.3 Å². The zero-order valence-corrected chi connectivity index (χ0v) is 12.3. The summed E-state index contributed by atoms with van der Waals surface area (Å²) in [6.07, 6.45) is 1.63. The van der Waals surface area contributed by atoms with E-state index in [9.17, 15) is 14.7 Å². The molecule has 0 unspecified atom stereocenters. The molecule has 2 N–H and O–H groups in total. The molecule has 0 aliphatic heterocycles. The average molecular weight is 278 g/mol. The molecule has 0 bridgehead atoms. The summed E-state index contributed by atoms with van der Waals surface area (Å²) >= 11 is 0. The van der Waals surface area contributed by atoms with Gasteiger partial charge in [0, 0.05) is 18.8 Å². The first-order valence-electron chi connectivity index (χ1n) is 6.89. The Morgan fingerprint density at radius 1 is 1.20 bits per heavy atom. The number of rotatable bonds is 5. The fraction of sp³-hybridized carbons (Fsp3) is 0.467. The van der Waals surface area contributed by atoms with Crippen molar-refractivity contribution in [3.63, 3.8) is 0 Å². The van der Waals surface area contributed by atoms with Gasteiger partial charge in [-0.05, 0) is 43.5 Å². The molecule has 1 aromatic rings. The lowest BCUT2D eigenvalue weighted by Gasteiger charge is -2.20. The number of anilines is 1. The van der Waals surface area contributed by atoms with Crippen molar-refractivity contribution < 1.29 is 14.7 Å². The maximum Gasteiger partial charge on any atom is 0.313 e. The van der Waals surface area contributed by atoms with Gasteiger partial charge in [0.15, 0.2) is 0 Å². The highest BCUT2D eigenvalue weighted by molar-refractivity contribution is 6.39. The summed E-state index contributed by atoms with van der Waals surface area (Å²) in [5.41, 5.74) is 1.25. The topological polar surface area (TPSA) is 69.6 Å². The van der Waals surface area contributed by atoms with Gasteiger partial charge < -0.3 is 15.3 Å². The van der Waals surface area contributed by atoms with Gasteiger partial charge in [-0.1, -0.05) is 13.8 Å². The number of nitrogens with one attached hydrogen (secondary N) is 1. The molecule has 5 nitrogen and oxygen atoms in total. The van der Waals surface area contributed by atoms with E-state index in [1.165, 1.54) is 12.1 Å². The second-order valence-electron chi connectivity index (χ2n) is 4.75. The van der Waals surface area contributed by atoms with Crippen LogP contribution in [0.25, 0.3) is 0 Å². The summed E-state index contributed by atoms with van der Waals surface area (Å²) in [6, 6.07) is 4.60. The predicted molar refractivity (Wildman–Crippen MR) is 78.6 cm³/mol. The normalized spacial score (nSPS) is 10.2. The van der Waals surface area contributed by atoms with E-state index in [2.05, 4.69) is 5.32 Å². The van der Waals surface area contributed by atoms with Gasteiger partial charge in [0.1, 0.15) is 5.75 Å². The van der Waals surface area contributed by atoms with Gasteiger partial charge in [-0.2, -0.15) is 0 Å². The number of phenolic OH excluding ortho intramolecular Hbond substituents is 1. The van der Waals surface area contributed by atoms with Crippen LogP contribution in [0.5, 0.6) is 5.75 Å². The lowest BCUT2D eigenvalue weighted by molar-refractivity contribution is -0.143. The maximum atomic E-state index is 12.1. The summed E-state index contributed by atoms with van der Waals surface area (Å²) in [5.74, 6) is -1.02. The van der Waals surface area contributed by atoms with Gasteiger partial charge in [-0.3, -0.25) is 9.59 Å². The Morgan fingerprint density at radius 3 is 2.30 bits per heavy atom. The van der Waals surface area contributed by atoms with E-state index in [0.717, 1.165) is 12.8 Å². The molecule has 0 heterocycles. The minimum absolute atomic E-state index is 0.130. The first-order valence-corrected chi connectivity index (χ1v) is 6.89. The van der Waals surface area contributed by atoms with E-state index in [1.54, 1.807) is 17.9 Å². The highest BCUT2D eigenvalue weighted by atomic mass is 16.3. The first-order chi connectivity index (χ1) is 9.49. The molecule has 0 fully saturated rings. The minimum Gasteiger partial charge on any atom is -0.508 e. The Balaban J connectivity index is 2.76. The number of aromatic hydroxyl groups is 1. The molecule has 0 radical (unpaired) electrons. The fourth-order valence-corrected chi connectivity index (χ4v) is 1.96. The summed E-state index contributed by atoms with van der Waals surface area (Å²) in [5, 5.41) is 11.9. The van der Waals surface area contributed by atoms with Crippen molar-refractivity contribution in [2.75, 3.05) is 18.4 Å². The lowest BCUT2D eigenvalue weighted by atomic mass is 10.2. The highest BCUT2D eigenvalue weighted by Crippen LogP contribution is 2.20. The number of carbonyl (C=O) groups excluding carboxylic acids is 2. The van der Waals surface area contributed by atoms with Crippen LogP contribution in [0.3, 0.4) is 0 Å². The van der Waals surface area contributed by atoms with Crippen LogP contribution < -0.4 is 5.32 Å². The molecule has 0 aliphatic carbocycles. The number of benzene rings is 1. The van der Waals surface area contributed by atoms with Crippen LogP contribution in [-0.4, -0.2) is 34.9 Å². The molecule has 0 aromatic heterocycles. The minimum atomic E-state index is -0.638. The van der Waals surface area contributed by atoms with Crippen LogP contribution in [-0.2, 0) is 9.59 Å². The van der Waals surface area contributed by atoms with E-state index >= 15 is 0 Å². The van der Waals surface area contributed by atoms with E-state index in [1.807, 2.05) is 13.8 Å². The highest BCUT2D eigenvalue weighted by Gasteiger charge is 2.21. The van der Waals surface area contributed by atoms with Crippen LogP contribution in [0.2, 0.25) is 0 Å². The smallest absolute Gasteiger partial charge is 0.313 e. The van der Waals surface area contributed by atoms with Crippen LogP contribution >= 0.6 is 0 Å². The second-order valence-corrected chi connectivity index (χ2v) is 4.75. The summed E-state index contributed by atoms with van der Waals surface area (Å²) in [4.78, 5) is 25.6. The van der Waals surface area contributed by atoms with Crippen LogP contribution in [0.1, 0.15) is 32.3 Å². The van der Waals surface area contributed by atoms with Crippen molar-refractivity contribution in [1.29, 1.82) is 0 Å². The number of amides is 2. The molecule has 0 saturated heterocycles. The molecule has 1 aromatic carbocycles. The number of aryl methyl sites for hydroxylation is 1. The van der Waals surface area contributed by atoms with Gasteiger partial charge in [-0.25, -0.2) is 0 Å². The molecule has 110 valence electrons. The SMILES string of the molecule is CCCN(CCC)C(=O)C(=O)Nc1ccc(O)cc1C. The first kappa shape index (κ1) is 16.0. The predicted octanol–water partition coefficient (Wildman–Crippen LogP) is 2.29. The number of hydrogen-bond donors (Lipinski definition) is 2. The van der Waals surface area contributed by atoms with Crippen LogP contribution in [0, 0.1) is 6.92 Å². The Kier molecular flexibility index (Phi) is 6.03. The Hall–Kier alpha value is -2.04. The molecule has 1 rings (SSSR count). The molecule has 5 heteroatoms. The van der Waals surface area contributed by atoms with Crippen molar-refractivity contribution in [3.05, 3.63) is 23.8 Å². The van der Waals surface area contributed by atoms with Gasteiger partial charge in [0.05, 0.1) is 0 Å². The number of hydrogen-bond acceptors (Lipinski definition) is 3. The number of carbonyl (C=O) groups is 2. The number of phenols is 1. The maximum absolute atomic E-state index is 12.1. The van der Waals surface area contributed by atoms with E-state index < -0.39 is 11.8 Å². The summed E-state index contributed by atoms with van der Waals surface area (Å²) < 4.78 is 0. The third kappa shape index (κ3) is 4.26. The molecule has 0 spiro atoms. The molecule has 0 saturated carbocycles. The lowest BCUT2D eigenvalue weighted by Crippen LogP contribution is -2.40. The van der Waals surface area contributed by atoms with Crippen LogP contribution in [0.4, 0.5) is 5.69 Å². The molecule has 20 heavy (non-hydrogen) atoms. The Morgan fingerprint density at radius 2 is 1.80 bits per heavy atom. The standard InChI is InChI=1S/C15H22N2O3/c1-4-8-17(9-5-2)15(20)14(19)16-13-7-6-12(18)10-11(13)3/h6-7,10,18H,4-5,8-9H2,1-3H3,(H,16,19). The average Bonchev–Trinajstić information content (AvgIpc) is 2.40. The Labute approximate surface area is 119 Å². The molecule has 0 atom stereocenters. The zero-order valence-electron chi connectivity index (χ0n) is 12.3. The molecular formula is C15H22N2O3. The Bertz CT molecular complexity index is 480. The zero-order chi connectivity index (χ0) is 15.1. The van der Waals surface area contributed by atoms with Crippen molar-refractivity contribution >= 4 is 17.5 Å². The van der Waals surface area contributed by atoms with Crippen molar-refractivity contribution in [2.45, 2.75) is 33.6 Å². The molecule has 0 aliphatic rings. The quantitative estimate of drug-likeness (QED) is 0.641. The molecular weight excluding hydrogens is 256 g/mol. The van der Waals surface area contributed by atoms with E-state index in [-0.39, 0.29) is 5.75 Å². The molecule has 2 amide bonds. The van der Waals surface area contributed by atoms with Crippen molar-refractivity contribution in [1.82, 2.24) is 4.90 Å². The van der Waals surface area contributed by atoms with Gasteiger partial charge in [0.25, 0.3) is 0 Å². The van der Waals surface area contributed by atoms with E-state index in [4.69, 9.17) is 0 Å². The second kappa shape index (κ2) is 7.53. The van der Waals surface area contributed by atoms with Gasteiger partial charge in [0.2, 0.25) is 0 Å². The summed E-state index contributed by atoms with van der Waals surface area (Å²) in [7, 11) is 0. The van der Waals surface area contributed by atoms with Crippen LogP contribution in [0.15, 0.2) is 18.2 Å². The van der Waals surface area contributed by atoms with Gasteiger partial charge in [-0.15, -0.1) is 0 Å². The third-order valence-electron chi connectivity index (χ3n) is 2.93. The third-order valence-corrected chi connectivity index (χ3v) is 2.93. The summed E-state index contributed by atoms with van der Waals surface area (Å²) in [6.45, 7) is 6.86. The monoisotopic (exact) mass is 278 g/mol. The fourth-order valence-electron chi connectivity index (χ4n) is 1.96. The number of nitrogens with zero attached hydrogens (tertiary/aromatic N) is 1.